The number of carbonyl (C=O) groups is 1. The molecular weight excluding hydrogens is 390 g/mol. The first-order valence-corrected chi connectivity index (χ1v) is 10.2. The number of methoxy groups -OCH3 is 1. The second-order valence-corrected chi connectivity index (χ2v) is 7.23. The summed E-state index contributed by atoms with van der Waals surface area (Å²) in [5.74, 6) is 0.957. The quantitative estimate of drug-likeness (QED) is 0.614. The van der Waals surface area contributed by atoms with Crippen LogP contribution in [0.4, 0.5) is 5.69 Å². The second kappa shape index (κ2) is 8.92. The van der Waals surface area contributed by atoms with Crippen molar-refractivity contribution in [1.82, 2.24) is 0 Å². The lowest BCUT2D eigenvalue weighted by Crippen LogP contribution is -2.19. The number of amides is 1. The van der Waals surface area contributed by atoms with Gasteiger partial charge in [-0.15, -0.1) is 0 Å². The van der Waals surface area contributed by atoms with Gasteiger partial charge >= 0.3 is 0 Å². The lowest BCUT2D eigenvalue weighted by molar-refractivity contribution is 0.100. The van der Waals surface area contributed by atoms with Crippen molar-refractivity contribution in [3.05, 3.63) is 89.5 Å². The summed E-state index contributed by atoms with van der Waals surface area (Å²) >= 11 is 0. The maximum Gasteiger partial charge on any atom is 0.248 e. The Hall–Kier alpha value is -3.80. The Morgan fingerprint density at radius 3 is 2.45 bits per heavy atom. The minimum absolute atomic E-state index is 0.0285. The smallest absolute Gasteiger partial charge is 0.248 e. The van der Waals surface area contributed by atoms with Gasteiger partial charge in [-0.3, -0.25) is 9.80 Å². The SMILES string of the molecule is CCOc1ccc(C2CC(c3ccccc3)=NN2c2ccc(C(N)=O)cc2)cc1OC. The van der Waals surface area contributed by atoms with Crippen LogP contribution in [0, 0.1) is 0 Å². The van der Waals surface area contributed by atoms with Crippen LogP contribution in [-0.2, 0) is 0 Å². The molecule has 31 heavy (non-hydrogen) atoms. The number of hydrogen-bond donors (Lipinski definition) is 1. The molecule has 0 saturated heterocycles. The number of nitrogens with zero attached hydrogens (tertiary/aromatic N) is 2. The van der Waals surface area contributed by atoms with Gasteiger partial charge in [0.25, 0.3) is 0 Å². The van der Waals surface area contributed by atoms with Crippen LogP contribution in [0.5, 0.6) is 11.5 Å². The number of hydrogen-bond acceptors (Lipinski definition) is 5. The van der Waals surface area contributed by atoms with Gasteiger partial charge in [-0.25, -0.2) is 0 Å². The fourth-order valence-electron chi connectivity index (χ4n) is 3.76. The third-order valence-electron chi connectivity index (χ3n) is 5.31. The van der Waals surface area contributed by atoms with Crippen molar-refractivity contribution in [1.29, 1.82) is 0 Å². The molecule has 158 valence electrons. The summed E-state index contributed by atoms with van der Waals surface area (Å²) in [4.78, 5) is 11.5. The highest BCUT2D eigenvalue weighted by Crippen LogP contribution is 2.39. The first kappa shape index (κ1) is 20.5. The van der Waals surface area contributed by atoms with Gasteiger partial charge in [0, 0.05) is 12.0 Å². The van der Waals surface area contributed by atoms with Gasteiger partial charge in [-0.1, -0.05) is 36.4 Å². The van der Waals surface area contributed by atoms with Crippen LogP contribution in [0.3, 0.4) is 0 Å². The average Bonchev–Trinajstić information content (AvgIpc) is 3.26. The van der Waals surface area contributed by atoms with Crippen LogP contribution in [0.15, 0.2) is 77.9 Å². The van der Waals surface area contributed by atoms with E-state index < -0.39 is 5.91 Å². The van der Waals surface area contributed by atoms with Gasteiger partial charge in [0.05, 0.1) is 31.2 Å². The average molecular weight is 415 g/mol. The maximum absolute atomic E-state index is 11.5. The fourth-order valence-corrected chi connectivity index (χ4v) is 3.76. The third-order valence-corrected chi connectivity index (χ3v) is 5.31. The van der Waals surface area contributed by atoms with Gasteiger partial charge < -0.3 is 15.2 Å². The van der Waals surface area contributed by atoms with E-state index in [1.54, 1.807) is 19.2 Å². The van der Waals surface area contributed by atoms with E-state index in [2.05, 4.69) is 12.1 Å². The summed E-state index contributed by atoms with van der Waals surface area (Å²) in [6, 6.07) is 23.3. The van der Waals surface area contributed by atoms with Gasteiger partial charge in [0.1, 0.15) is 0 Å². The number of hydrazone groups is 1. The lowest BCUT2D eigenvalue weighted by Gasteiger charge is -2.25. The molecule has 1 unspecified atom stereocenters. The number of carbonyl (C=O) groups excluding carboxylic acids is 1. The van der Waals surface area contributed by atoms with Crippen molar-refractivity contribution in [3.8, 4) is 11.5 Å². The van der Waals surface area contributed by atoms with Gasteiger partial charge in [-0.2, -0.15) is 5.10 Å². The van der Waals surface area contributed by atoms with Crippen LogP contribution in [0.2, 0.25) is 0 Å². The van der Waals surface area contributed by atoms with Crippen LogP contribution in [0.25, 0.3) is 0 Å². The molecule has 6 nitrogen and oxygen atoms in total. The van der Waals surface area contributed by atoms with Crippen molar-refractivity contribution < 1.29 is 14.3 Å². The Morgan fingerprint density at radius 2 is 1.81 bits per heavy atom. The third kappa shape index (κ3) is 4.23. The molecule has 1 heterocycles. The molecule has 0 spiro atoms. The standard InChI is InChI=1S/C25H25N3O3/c1-3-31-23-14-11-19(15-24(23)30-2)22-16-21(17-7-5-4-6-8-17)27-28(22)20-12-9-18(10-13-20)25(26)29/h4-15,22H,3,16H2,1-2H3,(H2,26,29). The van der Waals surface area contributed by atoms with E-state index in [4.69, 9.17) is 20.3 Å². The molecule has 0 radical (unpaired) electrons. The van der Waals surface area contributed by atoms with Crippen LogP contribution in [-0.4, -0.2) is 25.3 Å². The number of rotatable bonds is 7. The van der Waals surface area contributed by atoms with E-state index in [1.165, 1.54) is 0 Å². The molecule has 0 aromatic heterocycles. The van der Waals surface area contributed by atoms with Gasteiger partial charge in [0.2, 0.25) is 5.91 Å². The van der Waals surface area contributed by atoms with E-state index in [0.717, 1.165) is 28.9 Å². The van der Waals surface area contributed by atoms with E-state index in [1.807, 2.05) is 60.5 Å². The van der Waals surface area contributed by atoms with Gasteiger partial charge in [-0.05, 0) is 54.4 Å². The summed E-state index contributed by atoms with van der Waals surface area (Å²) < 4.78 is 11.2. The van der Waals surface area contributed by atoms with E-state index >= 15 is 0 Å². The van der Waals surface area contributed by atoms with Crippen molar-refractivity contribution >= 4 is 17.3 Å². The van der Waals surface area contributed by atoms with E-state index in [9.17, 15) is 4.79 Å². The van der Waals surface area contributed by atoms with E-state index in [0.29, 0.717) is 23.7 Å². The lowest BCUT2D eigenvalue weighted by atomic mass is 9.97. The van der Waals surface area contributed by atoms with Crippen molar-refractivity contribution in [2.45, 2.75) is 19.4 Å². The molecule has 2 N–H and O–H groups in total. The van der Waals surface area contributed by atoms with Crippen molar-refractivity contribution in [2.75, 3.05) is 18.7 Å². The topological polar surface area (TPSA) is 77.1 Å². The molecule has 1 atom stereocenters. The number of primary amides is 1. The molecular formula is C25H25N3O3. The predicted molar refractivity (Wildman–Crippen MR) is 122 cm³/mol. The summed E-state index contributed by atoms with van der Waals surface area (Å²) in [6.45, 7) is 2.51. The highest BCUT2D eigenvalue weighted by atomic mass is 16.5. The summed E-state index contributed by atoms with van der Waals surface area (Å²) in [7, 11) is 1.64. The zero-order valence-electron chi connectivity index (χ0n) is 17.6. The molecule has 4 rings (SSSR count). The molecule has 1 aliphatic heterocycles. The molecule has 0 aliphatic carbocycles. The monoisotopic (exact) mass is 415 g/mol. The Balaban J connectivity index is 1.74. The molecule has 0 bridgehead atoms. The molecule has 1 amide bonds. The van der Waals surface area contributed by atoms with Crippen molar-refractivity contribution in [3.63, 3.8) is 0 Å². The zero-order valence-corrected chi connectivity index (χ0v) is 17.6. The molecule has 1 aliphatic rings. The Bertz CT molecular complexity index is 1090. The molecule has 3 aromatic carbocycles. The molecule has 0 fully saturated rings. The van der Waals surface area contributed by atoms with Crippen LogP contribution < -0.4 is 20.2 Å². The first-order chi connectivity index (χ1) is 15.1. The second-order valence-electron chi connectivity index (χ2n) is 7.23. The molecule has 3 aromatic rings. The minimum atomic E-state index is -0.450. The summed E-state index contributed by atoms with van der Waals surface area (Å²) in [5.41, 5.74) is 9.90. The number of benzene rings is 3. The first-order valence-electron chi connectivity index (χ1n) is 10.2. The van der Waals surface area contributed by atoms with Crippen molar-refractivity contribution in [2.24, 2.45) is 10.8 Å². The number of nitrogens with two attached hydrogens (primary N) is 1. The number of anilines is 1. The summed E-state index contributed by atoms with van der Waals surface area (Å²) in [6.07, 6.45) is 0.735. The van der Waals surface area contributed by atoms with Crippen LogP contribution in [0.1, 0.15) is 40.9 Å². The highest BCUT2D eigenvalue weighted by Gasteiger charge is 2.30. The predicted octanol–water partition coefficient (Wildman–Crippen LogP) is 4.55. The molecule has 6 heteroatoms. The zero-order chi connectivity index (χ0) is 21.8. The van der Waals surface area contributed by atoms with E-state index in [-0.39, 0.29) is 6.04 Å². The minimum Gasteiger partial charge on any atom is -0.493 e. The highest BCUT2D eigenvalue weighted by molar-refractivity contribution is 6.03. The maximum atomic E-state index is 11.5. The largest absolute Gasteiger partial charge is 0.493 e. The Morgan fingerprint density at radius 1 is 1.06 bits per heavy atom. The summed E-state index contributed by atoms with van der Waals surface area (Å²) in [5, 5.41) is 6.93. The Labute approximate surface area is 181 Å². The van der Waals surface area contributed by atoms with Crippen LogP contribution >= 0.6 is 0 Å². The normalized spacial score (nSPS) is 15.5. The fraction of sp³-hybridized carbons (Fsp3) is 0.200. The number of ether oxygens (including phenoxy) is 2. The van der Waals surface area contributed by atoms with Gasteiger partial charge in [0.15, 0.2) is 11.5 Å². The molecule has 0 saturated carbocycles. The Kier molecular flexibility index (Phi) is 5.89.